The Morgan fingerprint density at radius 1 is 0.818 bits per heavy atom. The van der Waals surface area contributed by atoms with Crippen LogP contribution in [-0.4, -0.2) is 15.5 Å². The summed E-state index contributed by atoms with van der Waals surface area (Å²) < 4.78 is 25.9. The van der Waals surface area contributed by atoms with E-state index < -0.39 is 15.2 Å². The van der Waals surface area contributed by atoms with Gasteiger partial charge in [-0.15, -0.1) is 0 Å². The fourth-order valence-electron chi connectivity index (χ4n) is 2.70. The van der Waals surface area contributed by atoms with Crippen molar-refractivity contribution in [1.82, 2.24) is 5.32 Å². The van der Waals surface area contributed by atoms with Crippen LogP contribution in [0.1, 0.15) is 10.9 Å². The highest BCUT2D eigenvalue weighted by atomic mass is 32.2. The second kappa shape index (κ2) is 5.91. The van der Waals surface area contributed by atoms with Crippen molar-refractivity contribution in [3.8, 4) is 0 Å². The number of nitrogens with one attached hydrogen (secondary N) is 1. The summed E-state index contributed by atoms with van der Waals surface area (Å²) in [6, 6.07) is 22.1. The van der Waals surface area contributed by atoms with Crippen LogP contribution < -0.4 is 5.32 Å². The highest BCUT2D eigenvalue weighted by Gasteiger charge is 2.28. The Balaban J connectivity index is 2.19. The lowest BCUT2D eigenvalue weighted by atomic mass is 10.0. The summed E-state index contributed by atoms with van der Waals surface area (Å²) in [6.07, 6.45) is 0. The van der Waals surface area contributed by atoms with Crippen LogP contribution in [0.2, 0.25) is 0 Å². The van der Waals surface area contributed by atoms with E-state index in [0.29, 0.717) is 4.90 Å². The molecule has 0 saturated heterocycles. The maximum absolute atomic E-state index is 12.9. The number of rotatable bonds is 4. The zero-order chi connectivity index (χ0) is 15.6. The maximum Gasteiger partial charge on any atom is 0.198 e. The minimum atomic E-state index is -3.51. The zero-order valence-electron chi connectivity index (χ0n) is 12.2. The standard InChI is InChI=1S/C18H17NO2S/c1-19-18(22(20,21)15-10-3-2-4-11-15)17-13-7-9-14-8-5-6-12-16(14)17/h2-13,18-19H,1H3. The molecule has 0 aromatic heterocycles. The minimum absolute atomic E-state index is 0.322. The topological polar surface area (TPSA) is 46.2 Å². The largest absolute Gasteiger partial charge is 0.300 e. The summed E-state index contributed by atoms with van der Waals surface area (Å²) in [6.45, 7) is 0. The first kappa shape index (κ1) is 14.8. The molecule has 3 aromatic carbocycles. The van der Waals surface area contributed by atoms with Crippen LogP contribution in [0.4, 0.5) is 0 Å². The van der Waals surface area contributed by atoms with Gasteiger partial charge in [0.2, 0.25) is 0 Å². The molecule has 1 N–H and O–H groups in total. The average molecular weight is 311 g/mol. The second-order valence-corrected chi connectivity index (χ2v) is 7.13. The first-order chi connectivity index (χ1) is 10.6. The Bertz CT molecular complexity index is 884. The van der Waals surface area contributed by atoms with Crippen molar-refractivity contribution >= 4 is 20.6 Å². The van der Waals surface area contributed by atoms with Crippen molar-refractivity contribution < 1.29 is 8.42 Å². The van der Waals surface area contributed by atoms with E-state index in [1.165, 1.54) is 0 Å². The smallest absolute Gasteiger partial charge is 0.198 e. The summed E-state index contributed by atoms with van der Waals surface area (Å²) in [5.74, 6) is 0. The van der Waals surface area contributed by atoms with Gasteiger partial charge in [0.15, 0.2) is 9.84 Å². The van der Waals surface area contributed by atoms with Crippen LogP contribution in [0.3, 0.4) is 0 Å². The molecular weight excluding hydrogens is 294 g/mol. The van der Waals surface area contributed by atoms with Gasteiger partial charge in [0.25, 0.3) is 0 Å². The third-order valence-electron chi connectivity index (χ3n) is 3.75. The molecule has 3 rings (SSSR count). The van der Waals surface area contributed by atoms with Gasteiger partial charge in [-0.05, 0) is 35.5 Å². The van der Waals surface area contributed by atoms with Crippen molar-refractivity contribution in [2.45, 2.75) is 10.3 Å². The average Bonchev–Trinajstić information content (AvgIpc) is 2.56. The van der Waals surface area contributed by atoms with E-state index in [9.17, 15) is 8.42 Å². The van der Waals surface area contributed by atoms with Gasteiger partial charge in [0, 0.05) is 0 Å². The number of hydrogen-bond acceptors (Lipinski definition) is 3. The molecule has 0 saturated carbocycles. The van der Waals surface area contributed by atoms with Gasteiger partial charge in [-0.2, -0.15) is 0 Å². The van der Waals surface area contributed by atoms with Gasteiger partial charge in [-0.1, -0.05) is 60.7 Å². The molecule has 0 heterocycles. The van der Waals surface area contributed by atoms with Gasteiger partial charge in [0.1, 0.15) is 5.37 Å². The molecule has 112 valence electrons. The van der Waals surface area contributed by atoms with Crippen LogP contribution in [-0.2, 0) is 9.84 Å². The number of benzene rings is 3. The third-order valence-corrected chi connectivity index (χ3v) is 5.79. The Labute approximate surface area is 130 Å². The Morgan fingerprint density at radius 2 is 1.45 bits per heavy atom. The molecular formula is C18H17NO2S. The number of sulfone groups is 1. The molecule has 1 atom stereocenters. The van der Waals surface area contributed by atoms with E-state index in [2.05, 4.69) is 5.32 Å². The minimum Gasteiger partial charge on any atom is -0.300 e. The second-order valence-electron chi connectivity index (χ2n) is 5.10. The van der Waals surface area contributed by atoms with Gasteiger partial charge < -0.3 is 5.32 Å². The SMILES string of the molecule is CNC(c1cccc2ccccc12)S(=O)(=O)c1ccccc1. The van der Waals surface area contributed by atoms with E-state index >= 15 is 0 Å². The molecule has 22 heavy (non-hydrogen) atoms. The van der Waals surface area contributed by atoms with Gasteiger partial charge >= 0.3 is 0 Å². The van der Waals surface area contributed by atoms with Crippen molar-refractivity contribution in [2.24, 2.45) is 0 Å². The lowest BCUT2D eigenvalue weighted by Gasteiger charge is -2.19. The summed E-state index contributed by atoms with van der Waals surface area (Å²) in [4.78, 5) is 0.322. The predicted molar refractivity (Wildman–Crippen MR) is 89.4 cm³/mol. The fraction of sp³-hybridized carbons (Fsp3) is 0.111. The first-order valence-electron chi connectivity index (χ1n) is 7.08. The Morgan fingerprint density at radius 3 is 2.18 bits per heavy atom. The molecule has 3 aromatic rings. The van der Waals surface area contributed by atoms with E-state index in [1.54, 1.807) is 31.3 Å². The molecule has 3 nitrogen and oxygen atoms in total. The molecule has 0 bridgehead atoms. The van der Waals surface area contributed by atoms with Crippen LogP contribution >= 0.6 is 0 Å². The molecule has 0 spiro atoms. The molecule has 0 aliphatic rings. The molecule has 0 fully saturated rings. The van der Waals surface area contributed by atoms with Crippen LogP contribution in [0, 0.1) is 0 Å². The van der Waals surface area contributed by atoms with E-state index in [-0.39, 0.29) is 0 Å². The first-order valence-corrected chi connectivity index (χ1v) is 8.63. The quantitative estimate of drug-likeness (QED) is 0.802. The number of hydrogen-bond donors (Lipinski definition) is 1. The maximum atomic E-state index is 12.9. The summed E-state index contributed by atoms with van der Waals surface area (Å²) in [5, 5.41) is 4.16. The van der Waals surface area contributed by atoms with Gasteiger partial charge in [0.05, 0.1) is 4.90 Å². The van der Waals surface area contributed by atoms with E-state index in [1.807, 2.05) is 48.5 Å². The van der Waals surface area contributed by atoms with Crippen molar-refractivity contribution in [3.63, 3.8) is 0 Å². The summed E-state index contributed by atoms with van der Waals surface area (Å²) >= 11 is 0. The van der Waals surface area contributed by atoms with Crippen molar-refractivity contribution in [3.05, 3.63) is 78.4 Å². The third kappa shape index (κ3) is 2.51. The Hall–Kier alpha value is -2.17. The molecule has 1 unspecified atom stereocenters. The number of fused-ring (bicyclic) bond motifs is 1. The fourth-order valence-corrected chi connectivity index (χ4v) is 4.36. The highest BCUT2D eigenvalue weighted by Crippen LogP contribution is 2.31. The van der Waals surface area contributed by atoms with Gasteiger partial charge in [-0.25, -0.2) is 8.42 Å². The highest BCUT2D eigenvalue weighted by molar-refractivity contribution is 7.91. The van der Waals surface area contributed by atoms with Crippen LogP contribution in [0.25, 0.3) is 10.8 Å². The molecule has 0 amide bonds. The summed E-state index contributed by atoms with van der Waals surface area (Å²) in [5.41, 5.74) is 0.768. The lowest BCUT2D eigenvalue weighted by molar-refractivity contribution is 0.570. The van der Waals surface area contributed by atoms with Crippen molar-refractivity contribution in [1.29, 1.82) is 0 Å². The Kier molecular flexibility index (Phi) is 3.96. The summed E-state index contributed by atoms with van der Waals surface area (Å²) in [7, 11) is -1.83. The monoisotopic (exact) mass is 311 g/mol. The van der Waals surface area contributed by atoms with Crippen LogP contribution in [0.15, 0.2) is 77.7 Å². The van der Waals surface area contributed by atoms with Gasteiger partial charge in [-0.3, -0.25) is 0 Å². The molecule has 0 aliphatic heterocycles. The normalized spacial score (nSPS) is 13.1. The molecule has 4 heteroatoms. The van der Waals surface area contributed by atoms with Crippen LogP contribution in [0.5, 0.6) is 0 Å². The van der Waals surface area contributed by atoms with E-state index in [0.717, 1.165) is 16.3 Å². The lowest BCUT2D eigenvalue weighted by Crippen LogP contribution is -2.26. The predicted octanol–water partition coefficient (Wildman–Crippen LogP) is 3.53. The molecule has 0 radical (unpaired) electrons. The van der Waals surface area contributed by atoms with Crippen molar-refractivity contribution in [2.75, 3.05) is 7.05 Å². The van der Waals surface area contributed by atoms with E-state index in [4.69, 9.17) is 0 Å². The molecule has 0 aliphatic carbocycles. The zero-order valence-corrected chi connectivity index (χ0v) is 13.0.